The summed E-state index contributed by atoms with van der Waals surface area (Å²) in [6, 6.07) is 8.25. The van der Waals surface area contributed by atoms with Crippen molar-refractivity contribution in [3.05, 3.63) is 35.4 Å². The number of nitrogens with two attached hydrogens (primary N) is 2. The minimum absolute atomic E-state index is 0.409. The van der Waals surface area contributed by atoms with Crippen LogP contribution in [-0.2, 0) is 6.42 Å². The van der Waals surface area contributed by atoms with E-state index in [1.54, 1.807) is 0 Å². The fourth-order valence-electron chi connectivity index (χ4n) is 3.31. The maximum Gasteiger partial charge on any atom is 0.150 e. The van der Waals surface area contributed by atoms with Crippen LogP contribution in [0.3, 0.4) is 0 Å². The minimum Gasteiger partial charge on any atom is -0.382 e. The van der Waals surface area contributed by atoms with Gasteiger partial charge in [-0.05, 0) is 24.5 Å². The van der Waals surface area contributed by atoms with Crippen molar-refractivity contribution in [3.8, 4) is 0 Å². The number of benzene rings is 1. The van der Waals surface area contributed by atoms with Crippen LogP contribution in [-0.4, -0.2) is 5.84 Å². The average molecular weight is 346 g/mol. The van der Waals surface area contributed by atoms with Crippen molar-refractivity contribution in [2.24, 2.45) is 16.7 Å². The molecule has 0 saturated carbocycles. The zero-order valence-electron chi connectivity index (χ0n) is 16.3. The summed E-state index contributed by atoms with van der Waals surface area (Å²) in [6.45, 7) is 2.28. The molecular weight excluding hydrogens is 306 g/mol. The number of amidine groups is 1. The Labute approximate surface area is 155 Å². The molecule has 0 radical (unpaired) electrons. The highest BCUT2D eigenvalue weighted by atomic mass is 15.1. The van der Waals surface area contributed by atoms with Crippen molar-refractivity contribution in [3.63, 3.8) is 0 Å². The van der Waals surface area contributed by atoms with Gasteiger partial charge in [-0.2, -0.15) is 5.10 Å². The molecule has 0 saturated heterocycles. The highest BCUT2D eigenvalue weighted by molar-refractivity contribution is 5.97. The monoisotopic (exact) mass is 345 g/mol. The Morgan fingerprint density at radius 2 is 1.32 bits per heavy atom. The first-order valence-corrected chi connectivity index (χ1v) is 10.4. The summed E-state index contributed by atoms with van der Waals surface area (Å²) in [6.07, 6.45) is 19.2. The van der Waals surface area contributed by atoms with E-state index in [-0.39, 0.29) is 0 Å². The molecule has 142 valence electrons. The molecule has 0 aliphatic rings. The van der Waals surface area contributed by atoms with Crippen molar-refractivity contribution in [1.29, 1.82) is 0 Å². The molecule has 3 heteroatoms. The van der Waals surface area contributed by atoms with Crippen LogP contribution < -0.4 is 11.6 Å². The second-order valence-electron chi connectivity index (χ2n) is 7.21. The molecule has 0 spiro atoms. The Bertz CT molecular complexity index is 468. The van der Waals surface area contributed by atoms with Gasteiger partial charge in [0.2, 0.25) is 0 Å². The van der Waals surface area contributed by atoms with Crippen LogP contribution in [0.4, 0.5) is 0 Å². The van der Waals surface area contributed by atoms with E-state index < -0.39 is 0 Å². The van der Waals surface area contributed by atoms with E-state index in [0.29, 0.717) is 5.84 Å². The van der Waals surface area contributed by atoms with E-state index in [1.165, 1.54) is 89.0 Å². The minimum atomic E-state index is 0.409. The zero-order valence-corrected chi connectivity index (χ0v) is 16.3. The van der Waals surface area contributed by atoms with E-state index in [0.717, 1.165) is 12.0 Å². The lowest BCUT2D eigenvalue weighted by Crippen LogP contribution is -2.15. The number of rotatable bonds is 15. The number of unbranched alkanes of at least 4 members (excludes halogenated alkanes) is 12. The summed E-state index contributed by atoms with van der Waals surface area (Å²) in [5.41, 5.74) is 8.01. The fourth-order valence-corrected chi connectivity index (χ4v) is 3.31. The van der Waals surface area contributed by atoms with Crippen LogP contribution in [0, 0.1) is 0 Å². The molecule has 1 aromatic rings. The molecule has 4 N–H and O–H groups in total. The summed E-state index contributed by atoms with van der Waals surface area (Å²) in [4.78, 5) is 0. The summed E-state index contributed by atoms with van der Waals surface area (Å²) >= 11 is 0. The molecule has 3 nitrogen and oxygen atoms in total. The van der Waals surface area contributed by atoms with Crippen LogP contribution in [0.2, 0.25) is 0 Å². The Morgan fingerprint density at radius 1 is 0.800 bits per heavy atom. The normalized spacial score (nSPS) is 11.8. The molecule has 0 heterocycles. The van der Waals surface area contributed by atoms with Gasteiger partial charge in [0, 0.05) is 5.56 Å². The van der Waals surface area contributed by atoms with E-state index in [4.69, 9.17) is 11.6 Å². The summed E-state index contributed by atoms with van der Waals surface area (Å²) in [5, 5.41) is 3.56. The fraction of sp³-hybridized carbons (Fsp3) is 0.682. The topological polar surface area (TPSA) is 64.4 Å². The number of nitrogens with zero attached hydrogens (tertiary/aromatic N) is 1. The molecule has 1 rings (SSSR count). The van der Waals surface area contributed by atoms with Gasteiger partial charge < -0.3 is 11.6 Å². The lowest BCUT2D eigenvalue weighted by Gasteiger charge is -2.05. The van der Waals surface area contributed by atoms with Gasteiger partial charge in [0.25, 0.3) is 0 Å². The lowest BCUT2D eigenvalue weighted by atomic mass is 10.0. The van der Waals surface area contributed by atoms with Crippen molar-refractivity contribution in [1.82, 2.24) is 0 Å². The van der Waals surface area contributed by atoms with E-state index in [2.05, 4.69) is 24.2 Å². The largest absolute Gasteiger partial charge is 0.382 e. The van der Waals surface area contributed by atoms with Crippen molar-refractivity contribution in [2.75, 3.05) is 0 Å². The standard InChI is InChI=1S/C22H39N3/c1-2-3-4-5-6-7-8-9-10-11-12-13-14-16-20-17-15-18-21(19-20)22(23)25-24/h15,17-19H,2-14,16,24H2,1H3,(H2,23,25). The molecular formula is C22H39N3. The smallest absolute Gasteiger partial charge is 0.150 e. The molecule has 0 atom stereocenters. The summed E-state index contributed by atoms with van der Waals surface area (Å²) in [7, 11) is 0. The number of hydrogen-bond acceptors (Lipinski definition) is 2. The van der Waals surface area contributed by atoms with Gasteiger partial charge in [0.15, 0.2) is 0 Å². The predicted octanol–water partition coefficient (Wildman–Crippen LogP) is 5.90. The Hall–Kier alpha value is -1.51. The molecule has 0 aliphatic heterocycles. The van der Waals surface area contributed by atoms with E-state index >= 15 is 0 Å². The van der Waals surface area contributed by atoms with Gasteiger partial charge in [-0.3, -0.25) is 0 Å². The quantitative estimate of drug-likeness (QED) is 0.137. The van der Waals surface area contributed by atoms with Crippen LogP contribution in [0.1, 0.15) is 102 Å². The molecule has 0 unspecified atom stereocenters. The molecule has 0 amide bonds. The lowest BCUT2D eigenvalue weighted by molar-refractivity contribution is 0.539. The third kappa shape index (κ3) is 10.9. The summed E-state index contributed by atoms with van der Waals surface area (Å²) in [5.74, 6) is 5.65. The number of aryl methyl sites for hydroxylation is 1. The first-order valence-electron chi connectivity index (χ1n) is 10.4. The molecule has 0 aromatic heterocycles. The van der Waals surface area contributed by atoms with E-state index in [9.17, 15) is 0 Å². The van der Waals surface area contributed by atoms with Crippen LogP contribution >= 0.6 is 0 Å². The second-order valence-corrected chi connectivity index (χ2v) is 7.21. The van der Waals surface area contributed by atoms with Gasteiger partial charge >= 0.3 is 0 Å². The Kier molecular flexibility index (Phi) is 12.7. The third-order valence-corrected chi connectivity index (χ3v) is 4.93. The SMILES string of the molecule is CCCCCCCCCCCCCCCc1cccc(/C(N)=N/N)c1. The third-order valence-electron chi connectivity index (χ3n) is 4.93. The number of hydrogen-bond donors (Lipinski definition) is 2. The first-order chi connectivity index (χ1) is 12.3. The van der Waals surface area contributed by atoms with Crippen molar-refractivity contribution in [2.45, 2.75) is 96.8 Å². The number of hydrazone groups is 1. The highest BCUT2D eigenvalue weighted by Gasteiger charge is 2.00. The molecule has 0 bridgehead atoms. The van der Waals surface area contributed by atoms with Gasteiger partial charge in [-0.25, -0.2) is 0 Å². The molecule has 25 heavy (non-hydrogen) atoms. The van der Waals surface area contributed by atoms with Crippen molar-refractivity contribution >= 4 is 5.84 Å². The molecule has 0 aliphatic carbocycles. The Morgan fingerprint density at radius 3 is 1.84 bits per heavy atom. The van der Waals surface area contributed by atoms with Gasteiger partial charge in [-0.1, -0.05) is 102 Å². The van der Waals surface area contributed by atoms with E-state index in [1.807, 2.05) is 12.1 Å². The summed E-state index contributed by atoms with van der Waals surface area (Å²) < 4.78 is 0. The zero-order chi connectivity index (χ0) is 18.2. The molecule has 0 fully saturated rings. The first kappa shape index (κ1) is 21.5. The van der Waals surface area contributed by atoms with Crippen LogP contribution in [0.15, 0.2) is 29.4 Å². The second kappa shape index (κ2) is 14.8. The highest BCUT2D eigenvalue weighted by Crippen LogP contribution is 2.14. The maximum atomic E-state index is 5.76. The predicted molar refractivity (Wildman–Crippen MR) is 111 cm³/mol. The Balaban J connectivity index is 1.95. The van der Waals surface area contributed by atoms with Gasteiger partial charge in [-0.15, -0.1) is 0 Å². The average Bonchev–Trinajstić information content (AvgIpc) is 2.65. The van der Waals surface area contributed by atoms with Crippen molar-refractivity contribution < 1.29 is 0 Å². The van der Waals surface area contributed by atoms with Crippen LogP contribution in [0.25, 0.3) is 0 Å². The maximum absolute atomic E-state index is 5.76. The van der Waals surface area contributed by atoms with Gasteiger partial charge in [0.05, 0.1) is 0 Å². The molecule has 1 aromatic carbocycles. The van der Waals surface area contributed by atoms with Gasteiger partial charge in [0.1, 0.15) is 5.84 Å². The van der Waals surface area contributed by atoms with Crippen LogP contribution in [0.5, 0.6) is 0 Å².